The summed E-state index contributed by atoms with van der Waals surface area (Å²) in [6.07, 6.45) is 8.52. The largest absolute Gasteiger partial charge is 0.357 e. The third kappa shape index (κ3) is 10.0. The summed E-state index contributed by atoms with van der Waals surface area (Å²) in [4.78, 5) is 7.23. The summed E-state index contributed by atoms with van der Waals surface area (Å²) >= 11 is 2.00. The van der Waals surface area contributed by atoms with Gasteiger partial charge < -0.3 is 15.5 Å². The van der Waals surface area contributed by atoms with Crippen LogP contribution in [0.15, 0.2) is 4.99 Å². The Kier molecular flexibility index (Phi) is 14.8. The third-order valence-electron chi connectivity index (χ3n) is 4.45. The van der Waals surface area contributed by atoms with Crippen LogP contribution < -0.4 is 10.6 Å². The first kappa shape index (κ1) is 23.3. The maximum absolute atomic E-state index is 4.75. The number of unbranched alkanes of at least 4 members (excludes halogenated alkanes) is 1. The number of rotatable bonds is 10. The molecule has 0 heterocycles. The van der Waals surface area contributed by atoms with Crippen molar-refractivity contribution in [1.82, 2.24) is 15.5 Å². The molecule has 1 aliphatic rings. The van der Waals surface area contributed by atoms with E-state index in [1.54, 1.807) is 0 Å². The zero-order valence-corrected chi connectivity index (χ0v) is 18.6. The molecule has 0 bridgehead atoms. The smallest absolute Gasteiger partial charge is 0.191 e. The lowest BCUT2D eigenvalue weighted by Gasteiger charge is -2.18. The number of nitrogens with zero attached hydrogens (tertiary/aromatic N) is 2. The van der Waals surface area contributed by atoms with Crippen molar-refractivity contribution < 1.29 is 0 Å². The fourth-order valence-corrected chi connectivity index (χ4v) is 3.77. The van der Waals surface area contributed by atoms with Crippen LogP contribution in [0.1, 0.15) is 52.9 Å². The topological polar surface area (TPSA) is 39.7 Å². The highest BCUT2D eigenvalue weighted by atomic mass is 127. The Bertz CT molecular complexity index is 311. The maximum atomic E-state index is 4.75. The van der Waals surface area contributed by atoms with Gasteiger partial charge in [-0.25, -0.2) is 0 Å². The van der Waals surface area contributed by atoms with E-state index in [9.17, 15) is 0 Å². The van der Waals surface area contributed by atoms with Crippen LogP contribution in [0.25, 0.3) is 0 Å². The Hall–Kier alpha value is 0.310. The number of nitrogens with one attached hydrogen (secondary N) is 2. The molecule has 23 heavy (non-hydrogen) atoms. The molecule has 1 rings (SSSR count). The molecule has 2 unspecified atom stereocenters. The second-order valence-corrected chi connectivity index (χ2v) is 7.14. The normalized spacial score (nSPS) is 21.3. The molecule has 4 nitrogen and oxygen atoms in total. The summed E-state index contributed by atoms with van der Waals surface area (Å²) in [5, 5.41) is 7.83. The van der Waals surface area contributed by atoms with E-state index >= 15 is 0 Å². The molecule has 1 fully saturated rings. The van der Waals surface area contributed by atoms with Gasteiger partial charge in [0.05, 0.1) is 0 Å². The number of thioether (sulfide) groups is 1. The Labute approximate surface area is 165 Å². The van der Waals surface area contributed by atoms with Crippen LogP contribution >= 0.6 is 35.7 Å². The van der Waals surface area contributed by atoms with Gasteiger partial charge in [0.2, 0.25) is 0 Å². The minimum atomic E-state index is 0. The lowest BCUT2D eigenvalue weighted by Crippen LogP contribution is -2.42. The number of aliphatic imine (C=N–C) groups is 1. The van der Waals surface area contributed by atoms with E-state index in [1.807, 2.05) is 11.8 Å². The van der Waals surface area contributed by atoms with E-state index in [4.69, 9.17) is 4.99 Å². The number of hydrogen-bond acceptors (Lipinski definition) is 3. The summed E-state index contributed by atoms with van der Waals surface area (Å²) in [5.74, 6) is 1.01. The van der Waals surface area contributed by atoms with E-state index < -0.39 is 0 Å². The van der Waals surface area contributed by atoms with Crippen LogP contribution in [0, 0.1) is 0 Å². The SMILES string of the molecule is CCNC(=NCCCCN(CC)CC)NC1CCC(SC)C1.I. The van der Waals surface area contributed by atoms with Gasteiger partial charge in [-0.3, -0.25) is 4.99 Å². The second-order valence-electron chi connectivity index (χ2n) is 6.01. The minimum absolute atomic E-state index is 0. The molecule has 0 spiro atoms. The van der Waals surface area contributed by atoms with Gasteiger partial charge in [-0.2, -0.15) is 11.8 Å². The molecule has 0 amide bonds. The van der Waals surface area contributed by atoms with Crippen LogP contribution in [0.3, 0.4) is 0 Å². The molecule has 0 aromatic heterocycles. The summed E-state index contributed by atoms with van der Waals surface area (Å²) < 4.78 is 0. The first-order chi connectivity index (χ1) is 10.7. The molecular formula is C17H37IN4S. The van der Waals surface area contributed by atoms with Crippen molar-refractivity contribution in [2.45, 2.75) is 64.2 Å². The molecule has 1 aliphatic carbocycles. The van der Waals surface area contributed by atoms with Crippen molar-refractivity contribution in [2.24, 2.45) is 4.99 Å². The van der Waals surface area contributed by atoms with E-state index in [-0.39, 0.29) is 24.0 Å². The Morgan fingerprint density at radius 2 is 1.91 bits per heavy atom. The first-order valence-electron chi connectivity index (χ1n) is 9.03. The predicted octanol–water partition coefficient (Wildman–Crippen LogP) is 3.57. The highest BCUT2D eigenvalue weighted by Crippen LogP contribution is 2.27. The van der Waals surface area contributed by atoms with E-state index in [2.05, 4.69) is 42.6 Å². The van der Waals surface area contributed by atoms with E-state index in [0.29, 0.717) is 6.04 Å². The van der Waals surface area contributed by atoms with Crippen LogP contribution in [-0.4, -0.2) is 61.1 Å². The lowest BCUT2D eigenvalue weighted by molar-refractivity contribution is 0.297. The third-order valence-corrected chi connectivity index (χ3v) is 5.54. The van der Waals surface area contributed by atoms with Gasteiger partial charge in [0.25, 0.3) is 0 Å². The molecule has 2 atom stereocenters. The summed E-state index contributed by atoms with van der Waals surface area (Å²) in [6, 6.07) is 0.603. The van der Waals surface area contributed by atoms with Crippen LogP contribution in [-0.2, 0) is 0 Å². The zero-order chi connectivity index (χ0) is 16.2. The second kappa shape index (κ2) is 14.6. The molecule has 6 heteroatoms. The van der Waals surface area contributed by atoms with E-state index in [1.165, 1.54) is 38.6 Å². The van der Waals surface area contributed by atoms with E-state index in [0.717, 1.165) is 37.4 Å². The maximum Gasteiger partial charge on any atom is 0.191 e. The molecule has 1 saturated carbocycles. The predicted molar refractivity (Wildman–Crippen MR) is 116 cm³/mol. The van der Waals surface area contributed by atoms with Crippen LogP contribution in [0.4, 0.5) is 0 Å². The zero-order valence-electron chi connectivity index (χ0n) is 15.4. The number of hydrogen-bond donors (Lipinski definition) is 2. The summed E-state index contributed by atoms with van der Waals surface area (Å²) in [5.41, 5.74) is 0. The molecular weight excluding hydrogens is 419 g/mol. The molecule has 0 radical (unpaired) electrons. The van der Waals surface area contributed by atoms with Gasteiger partial charge in [-0.15, -0.1) is 24.0 Å². The highest BCUT2D eigenvalue weighted by molar-refractivity contribution is 14.0. The molecule has 0 aromatic carbocycles. The Morgan fingerprint density at radius 3 is 2.48 bits per heavy atom. The van der Waals surface area contributed by atoms with Gasteiger partial charge >= 0.3 is 0 Å². The van der Waals surface area contributed by atoms with Crippen molar-refractivity contribution in [2.75, 3.05) is 39.0 Å². The molecule has 2 N–H and O–H groups in total. The fourth-order valence-electron chi connectivity index (χ4n) is 2.98. The standard InChI is InChI=1S/C17H36N4S.HI/c1-5-18-17(20-15-10-11-16(14-15)22-4)19-12-8-9-13-21(6-2)7-3;/h15-16H,5-14H2,1-4H3,(H2,18,19,20);1H. The van der Waals surface area contributed by atoms with Gasteiger partial charge in [0.15, 0.2) is 5.96 Å². The fraction of sp³-hybridized carbons (Fsp3) is 0.941. The van der Waals surface area contributed by atoms with Crippen molar-refractivity contribution in [1.29, 1.82) is 0 Å². The monoisotopic (exact) mass is 456 g/mol. The van der Waals surface area contributed by atoms with Crippen LogP contribution in [0.5, 0.6) is 0 Å². The molecule has 0 aliphatic heterocycles. The number of halogens is 1. The van der Waals surface area contributed by atoms with Gasteiger partial charge in [-0.1, -0.05) is 13.8 Å². The van der Waals surface area contributed by atoms with Crippen molar-refractivity contribution in [3.05, 3.63) is 0 Å². The van der Waals surface area contributed by atoms with Gasteiger partial charge in [0.1, 0.15) is 0 Å². The summed E-state index contributed by atoms with van der Waals surface area (Å²) in [6.45, 7) is 12.0. The number of guanidine groups is 1. The van der Waals surface area contributed by atoms with Gasteiger partial charge in [-0.05, 0) is 64.9 Å². The average Bonchev–Trinajstić information content (AvgIpc) is 2.98. The highest BCUT2D eigenvalue weighted by Gasteiger charge is 2.24. The minimum Gasteiger partial charge on any atom is -0.357 e. The lowest BCUT2D eigenvalue weighted by atomic mass is 10.2. The average molecular weight is 456 g/mol. The van der Waals surface area contributed by atoms with Crippen molar-refractivity contribution >= 4 is 41.7 Å². The molecule has 138 valence electrons. The molecule has 0 saturated heterocycles. The molecule has 0 aromatic rings. The first-order valence-corrected chi connectivity index (χ1v) is 10.3. The van der Waals surface area contributed by atoms with Crippen LogP contribution in [0.2, 0.25) is 0 Å². The Balaban J connectivity index is 0.00000484. The quantitative estimate of drug-likeness (QED) is 0.228. The van der Waals surface area contributed by atoms with Crippen molar-refractivity contribution in [3.63, 3.8) is 0 Å². The van der Waals surface area contributed by atoms with Gasteiger partial charge in [0, 0.05) is 24.4 Å². The summed E-state index contributed by atoms with van der Waals surface area (Å²) in [7, 11) is 0. The van der Waals surface area contributed by atoms with Crippen molar-refractivity contribution in [3.8, 4) is 0 Å². The Morgan fingerprint density at radius 1 is 1.17 bits per heavy atom.